The van der Waals surface area contributed by atoms with Gasteiger partial charge in [0.15, 0.2) is 0 Å². The van der Waals surface area contributed by atoms with Crippen molar-refractivity contribution in [3.05, 3.63) is 125 Å². The van der Waals surface area contributed by atoms with Crippen molar-refractivity contribution in [2.24, 2.45) is 5.10 Å². The third kappa shape index (κ3) is 7.29. The van der Waals surface area contributed by atoms with Crippen LogP contribution < -0.4 is 14.9 Å². The van der Waals surface area contributed by atoms with Gasteiger partial charge in [0.1, 0.15) is 11.4 Å². The van der Waals surface area contributed by atoms with Crippen molar-refractivity contribution in [2.75, 3.05) is 11.3 Å². The number of rotatable bonds is 11. The van der Waals surface area contributed by atoms with Gasteiger partial charge < -0.3 is 4.74 Å². The van der Waals surface area contributed by atoms with E-state index in [1.807, 2.05) is 67.7 Å². The standard InChI is InChI=1S/C32H28ClN5O4S/c1-2-20-42-27-16-12-23(13-17-27)31-24(22-38(36-31)26-8-4-3-5-9-26)21-34-35-32(39)29-10-6-7-11-30(29)37-43(40,41)28-18-14-25(33)15-19-28/h3-19,21-22,37H,2,20H2,1H3,(H,35,39)/b34-21+. The van der Waals surface area contributed by atoms with Crippen LogP contribution in [0.2, 0.25) is 5.02 Å². The number of amides is 1. The summed E-state index contributed by atoms with van der Waals surface area (Å²) in [5, 5.41) is 9.36. The lowest BCUT2D eigenvalue weighted by molar-refractivity contribution is 0.0956. The van der Waals surface area contributed by atoms with Crippen LogP contribution in [0, 0.1) is 0 Å². The fourth-order valence-corrected chi connectivity index (χ4v) is 5.36. The molecule has 5 rings (SSSR count). The van der Waals surface area contributed by atoms with E-state index < -0.39 is 15.9 Å². The number of hydrogen-bond donors (Lipinski definition) is 2. The number of anilines is 1. The monoisotopic (exact) mass is 613 g/mol. The summed E-state index contributed by atoms with van der Waals surface area (Å²) in [6, 6.07) is 29.2. The number of benzene rings is 4. The van der Waals surface area contributed by atoms with Crippen LogP contribution >= 0.6 is 11.6 Å². The van der Waals surface area contributed by atoms with E-state index in [4.69, 9.17) is 21.4 Å². The number of para-hydroxylation sites is 2. The van der Waals surface area contributed by atoms with Gasteiger partial charge >= 0.3 is 0 Å². The summed E-state index contributed by atoms with van der Waals surface area (Å²) in [7, 11) is -3.96. The highest BCUT2D eigenvalue weighted by Crippen LogP contribution is 2.26. The summed E-state index contributed by atoms with van der Waals surface area (Å²) < 4.78 is 35.8. The second-order valence-electron chi connectivity index (χ2n) is 9.39. The first-order valence-electron chi connectivity index (χ1n) is 13.4. The Kier molecular flexibility index (Phi) is 9.19. The molecule has 218 valence electrons. The van der Waals surface area contributed by atoms with Crippen molar-refractivity contribution in [3.63, 3.8) is 0 Å². The smallest absolute Gasteiger partial charge is 0.273 e. The van der Waals surface area contributed by atoms with Gasteiger partial charge in [-0.25, -0.2) is 18.5 Å². The second kappa shape index (κ2) is 13.4. The molecule has 0 atom stereocenters. The molecule has 0 unspecified atom stereocenters. The molecule has 0 spiro atoms. The molecule has 0 bridgehead atoms. The van der Waals surface area contributed by atoms with E-state index in [9.17, 15) is 13.2 Å². The molecule has 0 aliphatic carbocycles. The van der Waals surface area contributed by atoms with Crippen molar-refractivity contribution >= 4 is 39.4 Å². The Morgan fingerprint density at radius 1 is 0.953 bits per heavy atom. The normalized spacial score (nSPS) is 11.4. The summed E-state index contributed by atoms with van der Waals surface area (Å²) >= 11 is 5.89. The minimum Gasteiger partial charge on any atom is -0.494 e. The highest BCUT2D eigenvalue weighted by atomic mass is 35.5. The fourth-order valence-electron chi connectivity index (χ4n) is 4.16. The third-order valence-electron chi connectivity index (χ3n) is 6.27. The van der Waals surface area contributed by atoms with Crippen LogP contribution in [0.5, 0.6) is 5.75 Å². The summed E-state index contributed by atoms with van der Waals surface area (Å²) in [5.41, 5.74) is 5.71. The van der Waals surface area contributed by atoms with E-state index in [0.29, 0.717) is 22.9 Å². The molecule has 43 heavy (non-hydrogen) atoms. The van der Waals surface area contributed by atoms with Gasteiger partial charge in [-0.2, -0.15) is 10.2 Å². The molecule has 5 aromatic rings. The van der Waals surface area contributed by atoms with Crippen LogP contribution in [0.15, 0.2) is 119 Å². The zero-order chi connectivity index (χ0) is 30.2. The van der Waals surface area contributed by atoms with Gasteiger partial charge in [-0.15, -0.1) is 0 Å². The van der Waals surface area contributed by atoms with Crippen molar-refractivity contribution in [3.8, 4) is 22.7 Å². The first kappa shape index (κ1) is 29.6. The van der Waals surface area contributed by atoms with Crippen LogP contribution in [-0.4, -0.2) is 36.9 Å². The lowest BCUT2D eigenvalue weighted by atomic mass is 10.1. The average Bonchev–Trinajstić information content (AvgIpc) is 3.45. The number of halogens is 1. The van der Waals surface area contributed by atoms with E-state index in [2.05, 4.69) is 15.2 Å². The van der Waals surface area contributed by atoms with Gasteiger partial charge in [-0.05, 0) is 79.2 Å². The largest absolute Gasteiger partial charge is 0.494 e. The lowest BCUT2D eigenvalue weighted by Gasteiger charge is -2.11. The Morgan fingerprint density at radius 2 is 1.65 bits per heavy atom. The highest BCUT2D eigenvalue weighted by Gasteiger charge is 2.19. The maximum atomic E-state index is 13.1. The van der Waals surface area contributed by atoms with Gasteiger partial charge in [0.2, 0.25) is 0 Å². The molecular weight excluding hydrogens is 586 g/mol. The third-order valence-corrected chi connectivity index (χ3v) is 7.91. The number of nitrogens with one attached hydrogen (secondary N) is 2. The van der Waals surface area contributed by atoms with Gasteiger partial charge in [-0.1, -0.05) is 48.9 Å². The van der Waals surface area contributed by atoms with Crippen molar-refractivity contribution in [1.82, 2.24) is 15.2 Å². The topological polar surface area (TPSA) is 115 Å². The van der Waals surface area contributed by atoms with E-state index in [1.165, 1.54) is 42.6 Å². The van der Waals surface area contributed by atoms with Crippen LogP contribution in [0.4, 0.5) is 5.69 Å². The van der Waals surface area contributed by atoms with Gasteiger partial charge in [-0.3, -0.25) is 9.52 Å². The molecule has 0 fully saturated rings. The molecule has 9 nitrogen and oxygen atoms in total. The number of carbonyl (C=O) groups excluding carboxylic acids is 1. The predicted molar refractivity (Wildman–Crippen MR) is 169 cm³/mol. The summed E-state index contributed by atoms with van der Waals surface area (Å²) in [6.45, 7) is 2.68. The maximum absolute atomic E-state index is 13.1. The van der Waals surface area contributed by atoms with E-state index in [1.54, 1.807) is 16.8 Å². The van der Waals surface area contributed by atoms with E-state index in [0.717, 1.165) is 23.4 Å². The van der Waals surface area contributed by atoms with Crippen LogP contribution in [0.3, 0.4) is 0 Å². The maximum Gasteiger partial charge on any atom is 0.273 e. The molecule has 1 amide bonds. The Morgan fingerprint density at radius 3 is 2.37 bits per heavy atom. The summed E-state index contributed by atoms with van der Waals surface area (Å²) in [4.78, 5) is 13.1. The SMILES string of the molecule is CCCOc1ccc(-c2nn(-c3ccccc3)cc2/C=N/NC(=O)c2ccccc2NS(=O)(=O)c2ccc(Cl)cc2)cc1. The Bertz CT molecular complexity index is 1840. The number of nitrogens with zero attached hydrogens (tertiary/aromatic N) is 3. The quantitative estimate of drug-likeness (QED) is 0.130. The molecule has 4 aromatic carbocycles. The average molecular weight is 614 g/mol. The first-order chi connectivity index (χ1) is 20.8. The molecule has 1 heterocycles. The molecule has 0 saturated carbocycles. The van der Waals surface area contributed by atoms with Gasteiger partial charge in [0.05, 0.1) is 34.7 Å². The molecule has 0 aliphatic rings. The van der Waals surface area contributed by atoms with Crippen molar-refractivity contribution < 1.29 is 17.9 Å². The number of sulfonamides is 1. The number of aromatic nitrogens is 2. The fraction of sp³-hybridized carbons (Fsp3) is 0.0938. The molecule has 11 heteroatoms. The first-order valence-corrected chi connectivity index (χ1v) is 15.3. The minimum atomic E-state index is -3.96. The molecule has 1 aromatic heterocycles. The Hall–Kier alpha value is -4.93. The molecule has 0 radical (unpaired) electrons. The van der Waals surface area contributed by atoms with Crippen LogP contribution in [0.25, 0.3) is 16.9 Å². The van der Waals surface area contributed by atoms with E-state index >= 15 is 0 Å². The molecule has 0 saturated heterocycles. The molecule has 0 aliphatic heterocycles. The second-order valence-corrected chi connectivity index (χ2v) is 11.5. The lowest BCUT2D eigenvalue weighted by Crippen LogP contribution is -2.21. The number of hydrazone groups is 1. The Labute approximate surface area is 254 Å². The summed E-state index contributed by atoms with van der Waals surface area (Å²) in [5.74, 6) is 0.168. The zero-order valence-electron chi connectivity index (χ0n) is 23.1. The van der Waals surface area contributed by atoms with Gasteiger partial charge in [0.25, 0.3) is 15.9 Å². The number of carbonyl (C=O) groups is 1. The van der Waals surface area contributed by atoms with Crippen LogP contribution in [-0.2, 0) is 10.0 Å². The van der Waals surface area contributed by atoms with Crippen LogP contribution in [0.1, 0.15) is 29.3 Å². The van der Waals surface area contributed by atoms with Crippen molar-refractivity contribution in [1.29, 1.82) is 0 Å². The highest BCUT2D eigenvalue weighted by molar-refractivity contribution is 7.92. The summed E-state index contributed by atoms with van der Waals surface area (Å²) in [6.07, 6.45) is 4.23. The molecular formula is C32H28ClN5O4S. The predicted octanol–water partition coefficient (Wildman–Crippen LogP) is 6.55. The van der Waals surface area contributed by atoms with E-state index in [-0.39, 0.29) is 16.1 Å². The number of hydrogen-bond acceptors (Lipinski definition) is 6. The Balaban J connectivity index is 1.38. The molecule has 2 N–H and O–H groups in total. The van der Waals surface area contributed by atoms with Crippen molar-refractivity contribution in [2.45, 2.75) is 18.2 Å². The zero-order valence-corrected chi connectivity index (χ0v) is 24.7. The van der Waals surface area contributed by atoms with Gasteiger partial charge in [0, 0.05) is 22.3 Å². The minimum absolute atomic E-state index is 0.0121. The number of ether oxygens (including phenoxy) is 1.